The highest BCUT2D eigenvalue weighted by atomic mass is 32.2. The number of nitrogens with zero attached hydrogens (tertiary/aromatic N) is 3. The first kappa shape index (κ1) is 41.0. The third-order valence-corrected chi connectivity index (χ3v) is 11.8. The Morgan fingerprint density at radius 2 is 1.77 bits per heavy atom. The predicted octanol–water partition coefficient (Wildman–Crippen LogP) is 7.29. The van der Waals surface area contributed by atoms with Crippen molar-refractivity contribution < 1.29 is 37.4 Å². The molecular formula is C38H51F3N4O5SSi. The topological polar surface area (TPSA) is 118 Å². The zero-order valence-electron chi connectivity index (χ0n) is 30.8. The minimum Gasteiger partial charge on any atom is -0.480 e. The summed E-state index contributed by atoms with van der Waals surface area (Å²) in [5.41, 5.74) is 7.05. The predicted molar refractivity (Wildman–Crippen MR) is 202 cm³/mol. The summed E-state index contributed by atoms with van der Waals surface area (Å²) in [6, 6.07) is 13.4. The Morgan fingerprint density at radius 1 is 1.08 bits per heavy atom. The number of ether oxygens (including phenoxy) is 1. The highest BCUT2D eigenvalue weighted by Crippen LogP contribution is 2.42. The van der Waals surface area contributed by atoms with E-state index >= 15 is 8.78 Å². The molecule has 4 atom stereocenters. The first-order valence-electron chi connectivity index (χ1n) is 17.4. The third-order valence-electron chi connectivity index (χ3n) is 9.07. The van der Waals surface area contributed by atoms with Gasteiger partial charge in [-0.05, 0) is 41.3 Å². The Labute approximate surface area is 309 Å². The summed E-state index contributed by atoms with van der Waals surface area (Å²) in [5.74, 6) is -3.69. The van der Waals surface area contributed by atoms with Crippen molar-refractivity contribution in [3.63, 3.8) is 0 Å². The van der Waals surface area contributed by atoms with E-state index in [1.54, 1.807) is 17.2 Å². The van der Waals surface area contributed by atoms with Gasteiger partial charge < -0.3 is 29.9 Å². The number of nitrogens with two attached hydrogens (primary N) is 1. The molecule has 0 bridgehead atoms. The lowest BCUT2D eigenvalue weighted by molar-refractivity contribution is -0.138. The van der Waals surface area contributed by atoms with Gasteiger partial charge in [0, 0.05) is 62.4 Å². The molecule has 0 radical (unpaired) electrons. The molecule has 1 unspecified atom stereocenters. The summed E-state index contributed by atoms with van der Waals surface area (Å²) < 4.78 is 52.9. The highest BCUT2D eigenvalue weighted by molar-refractivity contribution is 8.00. The van der Waals surface area contributed by atoms with Crippen LogP contribution in [0.4, 0.5) is 18.0 Å². The van der Waals surface area contributed by atoms with Gasteiger partial charge >= 0.3 is 12.1 Å². The quantitative estimate of drug-likeness (QED) is 0.156. The van der Waals surface area contributed by atoms with Gasteiger partial charge in [0.05, 0.1) is 24.9 Å². The number of carbonyl (C=O) groups is 3. The smallest absolute Gasteiger partial charge is 0.409 e. The van der Waals surface area contributed by atoms with E-state index in [2.05, 4.69) is 19.6 Å². The number of aliphatic carboxylic acids is 1. The molecule has 1 aromatic heterocycles. The van der Waals surface area contributed by atoms with Crippen molar-refractivity contribution in [3.8, 4) is 11.1 Å². The number of benzene rings is 2. The molecule has 52 heavy (non-hydrogen) atoms. The molecular weight excluding hydrogens is 710 g/mol. The fourth-order valence-corrected chi connectivity index (χ4v) is 7.90. The fourth-order valence-electron chi connectivity index (χ4n) is 6.33. The van der Waals surface area contributed by atoms with Crippen LogP contribution < -0.4 is 5.73 Å². The number of thioether (sulfide) groups is 1. The summed E-state index contributed by atoms with van der Waals surface area (Å²) >= 11 is 1.07. The molecule has 3 N–H and O–H groups in total. The number of carboxylic acid groups (broad SMARTS) is 1. The molecule has 4 rings (SSSR count). The molecule has 0 spiro atoms. The van der Waals surface area contributed by atoms with Crippen molar-refractivity contribution in [3.05, 3.63) is 83.7 Å². The number of likely N-dealkylation sites (tertiary alicyclic amines) is 1. The van der Waals surface area contributed by atoms with Crippen LogP contribution in [0.5, 0.6) is 0 Å². The van der Waals surface area contributed by atoms with E-state index in [1.165, 1.54) is 4.90 Å². The maximum atomic E-state index is 15.9. The van der Waals surface area contributed by atoms with Crippen LogP contribution in [0.15, 0.2) is 60.8 Å². The van der Waals surface area contributed by atoms with Crippen molar-refractivity contribution in [1.29, 1.82) is 0 Å². The molecule has 1 aliphatic heterocycles. The van der Waals surface area contributed by atoms with E-state index in [0.717, 1.165) is 41.6 Å². The average Bonchev–Trinajstić information content (AvgIpc) is 3.63. The van der Waals surface area contributed by atoms with E-state index < -0.39 is 61.4 Å². The second-order valence-corrected chi connectivity index (χ2v) is 22.4. The van der Waals surface area contributed by atoms with Crippen molar-refractivity contribution in [2.24, 2.45) is 17.1 Å². The molecule has 1 saturated heterocycles. The SMILES string of the molecule is CC(C)(C)[C@H](c1cc(-c2cc(F)ccc2F)cn1Cc1ccccc1)N(CC1CN(C(=O)OCC[Si](C)(C)C)C[C@@H]1F)C(=O)CSC[C@H](N)C(=O)O. The number of hydrogen-bond acceptors (Lipinski definition) is 6. The molecule has 1 aliphatic rings. The van der Waals surface area contributed by atoms with Gasteiger partial charge in [0.2, 0.25) is 5.91 Å². The molecule has 3 aromatic rings. The van der Waals surface area contributed by atoms with Gasteiger partial charge in [-0.3, -0.25) is 9.59 Å². The molecule has 284 valence electrons. The molecule has 2 heterocycles. The molecule has 9 nitrogen and oxygen atoms in total. The summed E-state index contributed by atoms with van der Waals surface area (Å²) in [4.78, 5) is 41.6. The third kappa shape index (κ3) is 11.1. The van der Waals surface area contributed by atoms with E-state index in [0.29, 0.717) is 17.8 Å². The zero-order chi connectivity index (χ0) is 38.4. The molecule has 2 aromatic carbocycles. The first-order chi connectivity index (χ1) is 24.3. The van der Waals surface area contributed by atoms with Crippen LogP contribution in [-0.2, 0) is 20.9 Å². The molecule has 2 amide bonds. The standard InChI is InChI=1S/C38H51F3N4O5SSi/c1-38(2,3)35(33-16-26(29-17-28(39)12-13-30(29)40)19-43(33)18-25-10-8-7-9-11-25)45(34(46)24-51-23-32(42)36(47)48)21-27-20-44(22-31(27)41)37(49)50-14-15-52(4,5)6/h7-13,16-17,19,27,31-32,35H,14-15,18,20-24,42H2,1-6H3,(H,47,48)/t27?,31-,32-,35-/m0/s1. The Bertz CT molecular complexity index is 1700. The van der Waals surface area contributed by atoms with E-state index in [1.807, 2.05) is 55.7 Å². The van der Waals surface area contributed by atoms with Gasteiger partial charge in [-0.1, -0.05) is 70.7 Å². The number of carbonyl (C=O) groups excluding carboxylic acids is 2. The lowest BCUT2D eigenvalue weighted by atomic mass is 9.82. The van der Waals surface area contributed by atoms with Crippen LogP contribution in [0.3, 0.4) is 0 Å². The highest BCUT2D eigenvalue weighted by Gasteiger charge is 2.43. The number of carboxylic acids is 1. The normalized spacial score (nSPS) is 17.5. The number of alkyl halides is 1. The van der Waals surface area contributed by atoms with Crippen LogP contribution in [0.2, 0.25) is 25.7 Å². The van der Waals surface area contributed by atoms with Gasteiger partial charge in [0.15, 0.2) is 0 Å². The zero-order valence-corrected chi connectivity index (χ0v) is 32.6. The van der Waals surface area contributed by atoms with E-state index in [-0.39, 0.29) is 49.2 Å². The van der Waals surface area contributed by atoms with Crippen LogP contribution >= 0.6 is 11.8 Å². The van der Waals surface area contributed by atoms with E-state index in [9.17, 15) is 23.9 Å². The second kappa shape index (κ2) is 17.4. The molecule has 0 aliphatic carbocycles. The van der Waals surface area contributed by atoms with Gasteiger partial charge in [0.1, 0.15) is 23.8 Å². The van der Waals surface area contributed by atoms with Crippen molar-refractivity contribution in [1.82, 2.24) is 14.4 Å². The molecule has 1 fully saturated rings. The van der Waals surface area contributed by atoms with Crippen LogP contribution in [0.25, 0.3) is 11.1 Å². The van der Waals surface area contributed by atoms with Crippen molar-refractivity contribution in [2.45, 2.75) is 71.3 Å². The largest absolute Gasteiger partial charge is 0.480 e. The Kier molecular flexibility index (Phi) is 13.7. The number of aromatic nitrogens is 1. The fraction of sp³-hybridized carbons (Fsp3) is 0.500. The lowest BCUT2D eigenvalue weighted by Gasteiger charge is -2.42. The summed E-state index contributed by atoms with van der Waals surface area (Å²) in [5, 5.41) is 9.30. The minimum absolute atomic E-state index is 0.0192. The number of hydrogen-bond donors (Lipinski definition) is 2. The molecule has 0 saturated carbocycles. The van der Waals surface area contributed by atoms with Crippen LogP contribution in [0, 0.1) is 23.0 Å². The second-order valence-electron chi connectivity index (χ2n) is 15.8. The average molecular weight is 761 g/mol. The lowest BCUT2D eigenvalue weighted by Crippen LogP contribution is -2.47. The van der Waals surface area contributed by atoms with Crippen LogP contribution in [-0.4, -0.2) is 95.5 Å². The van der Waals surface area contributed by atoms with Crippen molar-refractivity contribution >= 4 is 37.8 Å². The Morgan fingerprint density at radius 3 is 2.40 bits per heavy atom. The van der Waals surface area contributed by atoms with Gasteiger partial charge in [-0.15, -0.1) is 11.8 Å². The van der Waals surface area contributed by atoms with E-state index in [4.69, 9.17) is 10.5 Å². The van der Waals surface area contributed by atoms with Crippen LogP contribution in [0.1, 0.15) is 38.1 Å². The number of halogens is 3. The molecule has 14 heteroatoms. The van der Waals surface area contributed by atoms with Gasteiger partial charge in [-0.25, -0.2) is 18.0 Å². The van der Waals surface area contributed by atoms with Crippen molar-refractivity contribution in [2.75, 3.05) is 37.7 Å². The van der Waals surface area contributed by atoms with Gasteiger partial charge in [-0.2, -0.15) is 0 Å². The minimum atomic E-state index is -1.47. The summed E-state index contributed by atoms with van der Waals surface area (Å²) in [6.07, 6.45) is -0.305. The van der Waals surface area contributed by atoms with Gasteiger partial charge in [0.25, 0.3) is 0 Å². The monoisotopic (exact) mass is 760 g/mol. The Balaban J connectivity index is 1.75. The Hall–Kier alpha value is -3.75. The maximum absolute atomic E-state index is 15.9. The summed E-state index contributed by atoms with van der Waals surface area (Å²) in [7, 11) is -1.47. The first-order valence-corrected chi connectivity index (χ1v) is 22.3. The number of rotatable bonds is 15. The number of amides is 2. The summed E-state index contributed by atoms with van der Waals surface area (Å²) in [6.45, 7) is 12.7. The maximum Gasteiger partial charge on any atom is 0.409 e.